The summed E-state index contributed by atoms with van der Waals surface area (Å²) in [5.74, 6) is 0. The predicted molar refractivity (Wildman–Crippen MR) is 106 cm³/mol. The first-order chi connectivity index (χ1) is 13.3. The van der Waals surface area contributed by atoms with Gasteiger partial charge in [0.25, 0.3) is 0 Å². The molecule has 4 rings (SSSR count). The topological polar surface area (TPSA) is 64.3 Å². The van der Waals surface area contributed by atoms with E-state index in [1.165, 1.54) is 16.6 Å². The van der Waals surface area contributed by atoms with Crippen molar-refractivity contribution in [2.45, 2.75) is 13.0 Å². The maximum absolute atomic E-state index is 12.3. The number of aromatic amines is 1. The lowest BCUT2D eigenvalue weighted by molar-refractivity contribution is 0.134. The molecule has 6 heteroatoms. The van der Waals surface area contributed by atoms with Crippen LogP contribution in [0.3, 0.4) is 0 Å². The lowest BCUT2D eigenvalue weighted by Gasteiger charge is -2.34. The Hall–Kier alpha value is -2.86. The summed E-state index contributed by atoms with van der Waals surface area (Å²) >= 11 is 0. The second-order valence-electron chi connectivity index (χ2n) is 6.95. The number of hydrogen-bond donors (Lipinski definition) is 2. The van der Waals surface area contributed by atoms with E-state index in [2.05, 4.69) is 44.5 Å². The van der Waals surface area contributed by atoms with E-state index >= 15 is 0 Å². The number of hydrogen-bond acceptors (Lipinski definition) is 3. The molecule has 140 valence electrons. The fraction of sp³-hybridized carbons (Fsp3) is 0.333. The summed E-state index contributed by atoms with van der Waals surface area (Å²) in [5, 5.41) is 4.25. The van der Waals surface area contributed by atoms with Gasteiger partial charge in [-0.1, -0.05) is 24.3 Å². The normalized spacial score (nSPS) is 15.2. The fourth-order valence-corrected chi connectivity index (χ4v) is 3.52. The van der Waals surface area contributed by atoms with Crippen LogP contribution < -0.4 is 5.32 Å². The number of nitrogens with zero attached hydrogens (tertiary/aromatic N) is 3. The zero-order chi connectivity index (χ0) is 18.5. The number of fused-ring (bicyclic) bond motifs is 1. The number of nitrogens with one attached hydrogen (secondary N) is 2. The summed E-state index contributed by atoms with van der Waals surface area (Å²) < 4.78 is 0. The number of rotatable bonds is 5. The lowest BCUT2D eigenvalue weighted by atomic mass is 10.2. The van der Waals surface area contributed by atoms with Gasteiger partial charge < -0.3 is 15.2 Å². The van der Waals surface area contributed by atoms with Gasteiger partial charge in [-0.15, -0.1) is 0 Å². The quantitative estimate of drug-likeness (QED) is 0.732. The Labute approximate surface area is 159 Å². The Morgan fingerprint density at radius 1 is 1.07 bits per heavy atom. The molecule has 0 spiro atoms. The molecule has 0 atom stereocenters. The average molecular weight is 363 g/mol. The minimum atomic E-state index is 0.0243. The van der Waals surface area contributed by atoms with Crippen LogP contribution in [0.5, 0.6) is 0 Å². The van der Waals surface area contributed by atoms with Crippen LogP contribution in [0.25, 0.3) is 10.9 Å². The molecule has 1 aliphatic heterocycles. The zero-order valence-electron chi connectivity index (χ0n) is 15.4. The summed E-state index contributed by atoms with van der Waals surface area (Å²) in [6.07, 6.45) is 2.54. The van der Waals surface area contributed by atoms with Crippen LogP contribution in [0, 0.1) is 0 Å². The minimum Gasteiger partial charge on any atom is -0.357 e. The molecule has 1 fully saturated rings. The molecule has 1 saturated heterocycles. The van der Waals surface area contributed by atoms with Crippen molar-refractivity contribution in [1.29, 1.82) is 0 Å². The highest BCUT2D eigenvalue weighted by Gasteiger charge is 2.21. The molecule has 1 aromatic carbocycles. The van der Waals surface area contributed by atoms with Crippen molar-refractivity contribution in [1.82, 2.24) is 25.1 Å². The molecule has 27 heavy (non-hydrogen) atoms. The number of carbonyl (C=O) groups is 1. The molecule has 0 bridgehead atoms. The smallest absolute Gasteiger partial charge is 0.317 e. The number of H-pyrrole nitrogens is 1. The molecular weight excluding hydrogens is 338 g/mol. The third kappa shape index (κ3) is 4.46. The minimum absolute atomic E-state index is 0.0243. The summed E-state index contributed by atoms with van der Waals surface area (Å²) in [6, 6.07) is 16.4. The van der Waals surface area contributed by atoms with Crippen molar-refractivity contribution < 1.29 is 4.79 Å². The van der Waals surface area contributed by atoms with Crippen molar-refractivity contribution in [3.05, 3.63) is 66.1 Å². The number of benzene rings is 1. The molecule has 0 radical (unpaired) electrons. The summed E-state index contributed by atoms with van der Waals surface area (Å²) in [5.41, 5.74) is 3.41. The van der Waals surface area contributed by atoms with Gasteiger partial charge in [0, 0.05) is 68.8 Å². The Balaban J connectivity index is 1.21. The van der Waals surface area contributed by atoms with E-state index in [1.807, 2.05) is 29.2 Å². The second kappa shape index (κ2) is 8.22. The predicted octanol–water partition coefficient (Wildman–Crippen LogP) is 2.63. The summed E-state index contributed by atoms with van der Waals surface area (Å²) in [7, 11) is 0. The lowest BCUT2D eigenvalue weighted by Crippen LogP contribution is -2.51. The maximum Gasteiger partial charge on any atom is 0.317 e. The largest absolute Gasteiger partial charge is 0.357 e. The molecule has 2 N–H and O–H groups in total. The molecule has 2 amide bonds. The monoisotopic (exact) mass is 363 g/mol. The highest BCUT2D eigenvalue weighted by atomic mass is 16.2. The van der Waals surface area contributed by atoms with Crippen molar-refractivity contribution in [2.24, 2.45) is 0 Å². The van der Waals surface area contributed by atoms with Gasteiger partial charge in [0.15, 0.2) is 0 Å². The van der Waals surface area contributed by atoms with Crippen LogP contribution >= 0.6 is 0 Å². The number of amides is 2. The van der Waals surface area contributed by atoms with E-state index in [1.54, 1.807) is 6.20 Å². The van der Waals surface area contributed by atoms with Crippen LogP contribution in [-0.2, 0) is 13.0 Å². The van der Waals surface area contributed by atoms with Gasteiger partial charge >= 0.3 is 6.03 Å². The van der Waals surface area contributed by atoms with Gasteiger partial charge in [0.1, 0.15) is 0 Å². The third-order valence-electron chi connectivity index (χ3n) is 5.02. The Morgan fingerprint density at radius 2 is 1.89 bits per heavy atom. The van der Waals surface area contributed by atoms with Gasteiger partial charge in [-0.25, -0.2) is 4.79 Å². The molecule has 0 aliphatic carbocycles. The fourth-order valence-electron chi connectivity index (χ4n) is 3.52. The van der Waals surface area contributed by atoms with Crippen LogP contribution in [0.15, 0.2) is 54.7 Å². The number of carbonyl (C=O) groups excluding carboxylic acids is 1. The molecule has 2 aromatic heterocycles. The number of pyridine rings is 1. The Morgan fingerprint density at radius 3 is 2.67 bits per heavy atom. The first kappa shape index (κ1) is 17.5. The van der Waals surface area contributed by atoms with Crippen LogP contribution in [0.2, 0.25) is 0 Å². The number of piperazine rings is 1. The first-order valence-corrected chi connectivity index (χ1v) is 9.49. The van der Waals surface area contributed by atoms with Crippen LogP contribution in [-0.4, -0.2) is 58.5 Å². The highest BCUT2D eigenvalue weighted by Crippen LogP contribution is 2.16. The van der Waals surface area contributed by atoms with Gasteiger partial charge in [-0.2, -0.15) is 0 Å². The number of para-hydroxylation sites is 1. The standard InChI is InChI=1S/C21H25N5O/c27-21(23-10-8-18-6-3-4-9-22-18)26-13-11-25(12-14-26)16-19-15-17-5-1-2-7-20(17)24-19/h1-7,9,15,24H,8,10-14,16H2,(H,23,27). The van der Waals surface area contributed by atoms with Crippen LogP contribution in [0.1, 0.15) is 11.4 Å². The van der Waals surface area contributed by atoms with E-state index in [0.29, 0.717) is 6.54 Å². The molecule has 0 unspecified atom stereocenters. The van der Waals surface area contributed by atoms with Gasteiger partial charge in [0.2, 0.25) is 0 Å². The summed E-state index contributed by atoms with van der Waals surface area (Å²) in [4.78, 5) is 24.4. The maximum atomic E-state index is 12.3. The van der Waals surface area contributed by atoms with Crippen molar-refractivity contribution in [3.8, 4) is 0 Å². The van der Waals surface area contributed by atoms with Crippen molar-refractivity contribution >= 4 is 16.9 Å². The highest BCUT2D eigenvalue weighted by molar-refractivity contribution is 5.80. The van der Waals surface area contributed by atoms with Gasteiger partial charge in [-0.3, -0.25) is 9.88 Å². The van der Waals surface area contributed by atoms with E-state index < -0.39 is 0 Å². The van der Waals surface area contributed by atoms with Crippen LogP contribution in [0.4, 0.5) is 4.79 Å². The van der Waals surface area contributed by atoms with E-state index in [0.717, 1.165) is 44.8 Å². The molecule has 1 aliphatic rings. The van der Waals surface area contributed by atoms with Gasteiger partial charge in [0.05, 0.1) is 0 Å². The number of urea groups is 1. The first-order valence-electron chi connectivity index (χ1n) is 9.49. The third-order valence-corrected chi connectivity index (χ3v) is 5.02. The number of aromatic nitrogens is 2. The molecule has 3 heterocycles. The summed E-state index contributed by atoms with van der Waals surface area (Å²) in [6.45, 7) is 4.81. The van der Waals surface area contributed by atoms with E-state index in [4.69, 9.17) is 0 Å². The Kier molecular flexibility index (Phi) is 5.34. The van der Waals surface area contributed by atoms with Crippen molar-refractivity contribution in [3.63, 3.8) is 0 Å². The van der Waals surface area contributed by atoms with E-state index in [-0.39, 0.29) is 6.03 Å². The molecule has 3 aromatic rings. The van der Waals surface area contributed by atoms with E-state index in [9.17, 15) is 4.79 Å². The van der Waals surface area contributed by atoms with Crippen molar-refractivity contribution in [2.75, 3.05) is 32.7 Å². The molecule has 0 saturated carbocycles. The van der Waals surface area contributed by atoms with Gasteiger partial charge in [-0.05, 0) is 29.7 Å². The second-order valence-corrected chi connectivity index (χ2v) is 6.95. The molecule has 6 nitrogen and oxygen atoms in total. The zero-order valence-corrected chi connectivity index (χ0v) is 15.4. The molecular formula is C21H25N5O. The Bertz CT molecular complexity index is 851. The SMILES string of the molecule is O=C(NCCc1ccccn1)N1CCN(Cc2cc3ccccc3[nH]2)CC1. The average Bonchev–Trinajstić information content (AvgIpc) is 3.11.